The Morgan fingerprint density at radius 2 is 1.62 bits per heavy atom. The first kappa shape index (κ1) is 21.6. The molecule has 1 aliphatic heterocycles. The zero-order valence-corrected chi connectivity index (χ0v) is 18.0. The molecule has 0 spiro atoms. The highest BCUT2D eigenvalue weighted by Gasteiger charge is 2.35. The van der Waals surface area contributed by atoms with E-state index in [-0.39, 0.29) is 30.7 Å². The predicted octanol–water partition coefficient (Wildman–Crippen LogP) is 4.26. The summed E-state index contributed by atoms with van der Waals surface area (Å²) < 4.78 is 0. The second-order valence-electron chi connectivity index (χ2n) is 7.58. The van der Waals surface area contributed by atoms with Gasteiger partial charge < -0.3 is 15.5 Å². The van der Waals surface area contributed by atoms with Gasteiger partial charge in [0.05, 0.1) is 17.2 Å². The molecule has 0 aliphatic carbocycles. The number of carbonyl (C=O) groups excluding carboxylic acids is 3. The lowest BCUT2D eigenvalue weighted by Gasteiger charge is -2.17. The first-order chi connectivity index (χ1) is 15.5. The van der Waals surface area contributed by atoms with Crippen LogP contribution in [0, 0.1) is 5.92 Å². The Balaban J connectivity index is 1.42. The maximum atomic E-state index is 12.9. The van der Waals surface area contributed by atoms with Crippen LogP contribution >= 0.6 is 11.6 Å². The summed E-state index contributed by atoms with van der Waals surface area (Å²) in [5.74, 6) is -1.21. The molecule has 4 rings (SSSR count). The van der Waals surface area contributed by atoms with Gasteiger partial charge in [-0.1, -0.05) is 54.1 Å². The van der Waals surface area contributed by atoms with E-state index in [0.29, 0.717) is 28.5 Å². The Hall–Kier alpha value is -3.64. The van der Waals surface area contributed by atoms with Gasteiger partial charge in [0.2, 0.25) is 11.8 Å². The Morgan fingerprint density at radius 3 is 2.38 bits per heavy atom. The van der Waals surface area contributed by atoms with E-state index in [1.165, 1.54) is 0 Å². The number of rotatable bonds is 6. The number of nitrogens with zero attached hydrogens (tertiary/aromatic N) is 1. The number of anilines is 2. The van der Waals surface area contributed by atoms with E-state index in [4.69, 9.17) is 11.6 Å². The van der Waals surface area contributed by atoms with Crippen LogP contribution in [0.1, 0.15) is 22.3 Å². The molecular weight excluding hydrogens is 426 g/mol. The third kappa shape index (κ3) is 4.98. The molecule has 1 atom stereocenters. The van der Waals surface area contributed by atoms with Crippen molar-refractivity contribution in [1.82, 2.24) is 5.32 Å². The highest BCUT2D eigenvalue weighted by molar-refractivity contribution is 6.30. The predicted molar refractivity (Wildman–Crippen MR) is 125 cm³/mol. The summed E-state index contributed by atoms with van der Waals surface area (Å²) in [6.45, 7) is 0.657. The van der Waals surface area contributed by atoms with Gasteiger partial charge in [0, 0.05) is 30.2 Å². The maximum Gasteiger partial charge on any atom is 0.253 e. The van der Waals surface area contributed by atoms with Gasteiger partial charge in [-0.25, -0.2) is 0 Å². The molecule has 1 aliphatic rings. The van der Waals surface area contributed by atoms with Gasteiger partial charge in [-0.3, -0.25) is 14.4 Å². The number of hydrogen-bond acceptors (Lipinski definition) is 3. The molecule has 162 valence electrons. The van der Waals surface area contributed by atoms with Crippen molar-refractivity contribution in [3.8, 4) is 0 Å². The van der Waals surface area contributed by atoms with Gasteiger partial charge in [0.25, 0.3) is 5.91 Å². The summed E-state index contributed by atoms with van der Waals surface area (Å²) in [5, 5.41) is 6.29. The Morgan fingerprint density at radius 1 is 0.938 bits per heavy atom. The molecule has 7 heteroatoms. The summed E-state index contributed by atoms with van der Waals surface area (Å²) in [4.78, 5) is 39.7. The Kier molecular flexibility index (Phi) is 6.52. The summed E-state index contributed by atoms with van der Waals surface area (Å²) in [6, 6.07) is 23.4. The molecule has 1 fully saturated rings. The van der Waals surface area contributed by atoms with Crippen molar-refractivity contribution in [2.24, 2.45) is 5.92 Å². The molecule has 3 aromatic rings. The fourth-order valence-electron chi connectivity index (χ4n) is 3.65. The maximum absolute atomic E-state index is 12.9. The highest BCUT2D eigenvalue weighted by Crippen LogP contribution is 2.27. The third-order valence-corrected chi connectivity index (χ3v) is 5.61. The minimum Gasteiger partial charge on any atom is -0.348 e. The minimum atomic E-state index is -0.515. The molecule has 0 aromatic heterocycles. The van der Waals surface area contributed by atoms with E-state index in [2.05, 4.69) is 10.6 Å². The van der Waals surface area contributed by atoms with Crippen molar-refractivity contribution in [2.75, 3.05) is 16.8 Å². The van der Waals surface area contributed by atoms with E-state index < -0.39 is 5.92 Å². The second-order valence-corrected chi connectivity index (χ2v) is 8.02. The number of carbonyl (C=O) groups is 3. The normalized spacial score (nSPS) is 15.5. The van der Waals surface area contributed by atoms with E-state index in [1.54, 1.807) is 53.4 Å². The van der Waals surface area contributed by atoms with Crippen LogP contribution in [0.3, 0.4) is 0 Å². The lowest BCUT2D eigenvalue weighted by atomic mass is 10.1. The average Bonchev–Trinajstić information content (AvgIpc) is 3.21. The standard InChI is InChI=1S/C25H22ClN3O3/c26-19-10-12-20(13-11-19)29-16-18(14-23(29)30)24(31)28-22-9-5-4-8-21(22)25(32)27-15-17-6-2-1-3-7-17/h1-13,18H,14-16H2,(H,27,32)(H,28,31)/t18-/m1/s1. The number of para-hydroxylation sites is 1. The van der Waals surface area contributed by atoms with Gasteiger partial charge in [-0.2, -0.15) is 0 Å². The smallest absolute Gasteiger partial charge is 0.253 e. The first-order valence-corrected chi connectivity index (χ1v) is 10.7. The molecule has 32 heavy (non-hydrogen) atoms. The van der Waals surface area contributed by atoms with E-state index >= 15 is 0 Å². The molecule has 3 amide bonds. The molecule has 2 N–H and O–H groups in total. The van der Waals surface area contributed by atoms with E-state index in [9.17, 15) is 14.4 Å². The number of halogens is 1. The second kappa shape index (κ2) is 9.66. The monoisotopic (exact) mass is 447 g/mol. The van der Waals surface area contributed by atoms with Crippen molar-refractivity contribution in [3.05, 3.63) is 95.0 Å². The van der Waals surface area contributed by atoms with Crippen LogP contribution in [-0.4, -0.2) is 24.3 Å². The van der Waals surface area contributed by atoms with Crippen LogP contribution in [-0.2, 0) is 16.1 Å². The van der Waals surface area contributed by atoms with Crippen LogP contribution in [0.25, 0.3) is 0 Å². The number of amides is 3. The number of benzene rings is 3. The van der Waals surface area contributed by atoms with Gasteiger partial charge >= 0.3 is 0 Å². The quantitative estimate of drug-likeness (QED) is 0.592. The van der Waals surface area contributed by atoms with E-state index in [0.717, 1.165) is 5.56 Å². The van der Waals surface area contributed by atoms with Gasteiger partial charge in [0.1, 0.15) is 0 Å². The zero-order valence-electron chi connectivity index (χ0n) is 17.3. The lowest BCUT2D eigenvalue weighted by Crippen LogP contribution is -2.29. The molecule has 0 radical (unpaired) electrons. The van der Waals surface area contributed by atoms with Gasteiger partial charge in [-0.15, -0.1) is 0 Å². The first-order valence-electron chi connectivity index (χ1n) is 10.3. The highest BCUT2D eigenvalue weighted by atomic mass is 35.5. The SMILES string of the molecule is O=C(NCc1ccccc1)c1ccccc1NC(=O)[C@@H]1CC(=O)N(c2ccc(Cl)cc2)C1. The molecular formula is C25H22ClN3O3. The molecule has 0 bridgehead atoms. The summed E-state index contributed by atoms with van der Waals surface area (Å²) in [5.41, 5.74) is 2.47. The van der Waals surface area contributed by atoms with Crippen LogP contribution < -0.4 is 15.5 Å². The third-order valence-electron chi connectivity index (χ3n) is 5.36. The number of nitrogens with one attached hydrogen (secondary N) is 2. The molecule has 6 nitrogen and oxygen atoms in total. The lowest BCUT2D eigenvalue weighted by molar-refractivity contribution is -0.122. The van der Waals surface area contributed by atoms with Crippen molar-refractivity contribution in [1.29, 1.82) is 0 Å². The fourth-order valence-corrected chi connectivity index (χ4v) is 3.78. The van der Waals surface area contributed by atoms with E-state index in [1.807, 2.05) is 30.3 Å². The van der Waals surface area contributed by atoms with Crippen LogP contribution in [0.4, 0.5) is 11.4 Å². The summed E-state index contributed by atoms with van der Waals surface area (Å²) in [6.07, 6.45) is 0.108. The molecule has 3 aromatic carbocycles. The Bertz CT molecular complexity index is 1130. The van der Waals surface area contributed by atoms with Crippen molar-refractivity contribution < 1.29 is 14.4 Å². The van der Waals surface area contributed by atoms with Crippen LogP contribution in [0.5, 0.6) is 0 Å². The van der Waals surface area contributed by atoms with Crippen molar-refractivity contribution in [3.63, 3.8) is 0 Å². The molecule has 0 unspecified atom stereocenters. The van der Waals surface area contributed by atoms with Crippen LogP contribution in [0.15, 0.2) is 78.9 Å². The summed E-state index contributed by atoms with van der Waals surface area (Å²) in [7, 11) is 0. The molecule has 0 saturated carbocycles. The zero-order chi connectivity index (χ0) is 22.5. The molecule has 1 saturated heterocycles. The molecule has 1 heterocycles. The van der Waals surface area contributed by atoms with Crippen molar-refractivity contribution in [2.45, 2.75) is 13.0 Å². The van der Waals surface area contributed by atoms with Gasteiger partial charge in [0.15, 0.2) is 0 Å². The Labute approximate surface area is 191 Å². The summed E-state index contributed by atoms with van der Waals surface area (Å²) >= 11 is 5.92. The topological polar surface area (TPSA) is 78.5 Å². The number of hydrogen-bond donors (Lipinski definition) is 2. The average molecular weight is 448 g/mol. The fraction of sp³-hybridized carbons (Fsp3) is 0.160. The minimum absolute atomic E-state index is 0.108. The largest absolute Gasteiger partial charge is 0.348 e. The van der Waals surface area contributed by atoms with Gasteiger partial charge in [-0.05, 0) is 42.0 Å². The van der Waals surface area contributed by atoms with Crippen molar-refractivity contribution >= 4 is 40.7 Å². The van der Waals surface area contributed by atoms with Crippen LogP contribution in [0.2, 0.25) is 5.02 Å².